The lowest BCUT2D eigenvalue weighted by atomic mass is 9.81. The number of anilines is 3. The van der Waals surface area contributed by atoms with Crippen molar-refractivity contribution in [1.29, 1.82) is 0 Å². The highest BCUT2D eigenvalue weighted by molar-refractivity contribution is 7.99. The van der Waals surface area contributed by atoms with Crippen molar-refractivity contribution in [3.8, 4) is 39.7 Å². The van der Waals surface area contributed by atoms with Crippen LogP contribution < -0.4 is 9.64 Å². The highest BCUT2D eigenvalue weighted by atomic mass is 32.2. The summed E-state index contributed by atoms with van der Waals surface area (Å²) in [5.74, 6) is 2.72. The normalized spacial score (nSPS) is 13.7. The molecule has 0 spiro atoms. The number of hydrogen-bond donors (Lipinski definition) is 0. The molecule has 280 valence electrons. The third-order valence-corrected chi connectivity index (χ3v) is 13.4. The van der Waals surface area contributed by atoms with Crippen LogP contribution in [0.25, 0.3) is 77.0 Å². The Hall–Kier alpha value is -7.02. The van der Waals surface area contributed by atoms with Crippen molar-refractivity contribution in [1.82, 2.24) is 15.0 Å². The second-order valence-electron chi connectivity index (χ2n) is 16.0. The number of nitrogens with zero attached hydrogens (tertiary/aromatic N) is 4. The minimum absolute atomic E-state index is 0.290. The molecule has 2 heterocycles. The van der Waals surface area contributed by atoms with Crippen molar-refractivity contribution < 1.29 is 4.74 Å². The number of rotatable bonds is 4. The Bertz CT molecular complexity index is 3320. The van der Waals surface area contributed by atoms with Gasteiger partial charge in [0.15, 0.2) is 11.6 Å². The summed E-state index contributed by atoms with van der Waals surface area (Å²) in [6, 6.07) is 58.6. The maximum Gasteiger partial charge on any atom is 0.238 e. The number of benzene rings is 9. The van der Waals surface area contributed by atoms with Gasteiger partial charge in [0.25, 0.3) is 0 Å². The van der Waals surface area contributed by atoms with E-state index >= 15 is 0 Å². The van der Waals surface area contributed by atoms with Crippen LogP contribution in [0.15, 0.2) is 174 Å². The van der Waals surface area contributed by atoms with E-state index in [4.69, 9.17) is 19.7 Å². The van der Waals surface area contributed by atoms with Crippen LogP contribution >= 0.6 is 11.8 Å². The standard InChI is InChI=1S/C53H36N4OS/c1-53(2)44-28-41-38-23-22-35(58-3)26-39(38)36-20-12-13-21-37(36)40(41)27-42(44)43-29-49-47(30-45(43)53)57(46-24-33-18-10-11-19-34(33)25-48(46)59-49)52-55-50(31-14-6-4-7-15-31)54-51(56-52)32-16-8-5-9-17-32/h4-30H,1-3H3. The molecule has 10 aromatic rings. The molecule has 1 aliphatic heterocycles. The highest BCUT2D eigenvalue weighted by Crippen LogP contribution is 2.58. The average molecular weight is 777 g/mol. The molecular formula is C53H36N4OS. The summed E-state index contributed by atoms with van der Waals surface area (Å²) in [6.45, 7) is 4.74. The van der Waals surface area contributed by atoms with E-state index in [2.05, 4.69) is 146 Å². The quantitative estimate of drug-likeness (QED) is 0.166. The zero-order chi connectivity index (χ0) is 39.4. The van der Waals surface area contributed by atoms with Gasteiger partial charge in [0, 0.05) is 26.3 Å². The van der Waals surface area contributed by atoms with E-state index in [0.717, 1.165) is 38.0 Å². The molecule has 0 amide bonds. The minimum Gasteiger partial charge on any atom is -0.497 e. The first-order chi connectivity index (χ1) is 28.9. The summed E-state index contributed by atoms with van der Waals surface area (Å²) in [7, 11) is 1.74. The lowest BCUT2D eigenvalue weighted by molar-refractivity contribution is 0.415. The van der Waals surface area contributed by atoms with Crippen molar-refractivity contribution in [2.75, 3.05) is 12.0 Å². The Morgan fingerprint density at radius 3 is 1.68 bits per heavy atom. The number of hydrogen-bond acceptors (Lipinski definition) is 6. The summed E-state index contributed by atoms with van der Waals surface area (Å²) in [6.07, 6.45) is 0. The van der Waals surface area contributed by atoms with Crippen LogP contribution in [0.2, 0.25) is 0 Å². The van der Waals surface area contributed by atoms with E-state index in [1.165, 1.54) is 65.3 Å². The van der Waals surface area contributed by atoms with Gasteiger partial charge < -0.3 is 4.74 Å². The summed E-state index contributed by atoms with van der Waals surface area (Å²) < 4.78 is 5.71. The van der Waals surface area contributed by atoms with Gasteiger partial charge in [0.2, 0.25) is 5.95 Å². The fraction of sp³-hybridized carbons (Fsp3) is 0.0755. The molecular weight excluding hydrogens is 741 g/mol. The molecule has 0 unspecified atom stereocenters. The monoisotopic (exact) mass is 776 g/mol. The molecule has 9 aromatic carbocycles. The first kappa shape index (κ1) is 34.1. The number of fused-ring (bicyclic) bond motifs is 12. The van der Waals surface area contributed by atoms with Crippen molar-refractivity contribution in [3.05, 3.63) is 175 Å². The molecule has 0 N–H and O–H groups in total. The molecule has 12 rings (SSSR count). The van der Waals surface area contributed by atoms with Gasteiger partial charge in [-0.2, -0.15) is 9.97 Å². The second-order valence-corrected chi connectivity index (χ2v) is 17.1. The highest BCUT2D eigenvalue weighted by Gasteiger charge is 2.39. The number of ether oxygens (including phenoxy) is 1. The van der Waals surface area contributed by atoms with E-state index in [1.807, 2.05) is 48.2 Å². The first-order valence-electron chi connectivity index (χ1n) is 20.0. The SMILES string of the molecule is COc1ccc2c(c1)c1ccccc1c1cc3c(cc21)C(C)(C)c1cc2c(cc1-3)Sc1cc3ccccc3cc1N2c1nc(-c2ccccc2)nc(-c2ccccc2)n1. The Balaban J connectivity index is 1.12. The Kier molecular flexibility index (Phi) is 7.35. The van der Waals surface area contributed by atoms with E-state index in [9.17, 15) is 0 Å². The van der Waals surface area contributed by atoms with Crippen LogP contribution in [-0.4, -0.2) is 22.1 Å². The van der Waals surface area contributed by atoms with Gasteiger partial charge in [-0.05, 0) is 114 Å². The summed E-state index contributed by atoms with van der Waals surface area (Å²) in [4.78, 5) is 20.2. The van der Waals surface area contributed by atoms with Crippen molar-refractivity contribution in [3.63, 3.8) is 0 Å². The van der Waals surface area contributed by atoms with Gasteiger partial charge in [-0.1, -0.05) is 141 Å². The lowest BCUT2D eigenvalue weighted by Gasteiger charge is -2.33. The van der Waals surface area contributed by atoms with Gasteiger partial charge >= 0.3 is 0 Å². The van der Waals surface area contributed by atoms with Crippen LogP contribution in [0, 0.1) is 0 Å². The molecule has 5 nitrogen and oxygen atoms in total. The maximum atomic E-state index is 5.71. The molecule has 2 aliphatic rings. The van der Waals surface area contributed by atoms with Crippen LogP contribution in [0.4, 0.5) is 17.3 Å². The molecule has 0 saturated carbocycles. The predicted molar refractivity (Wildman–Crippen MR) is 244 cm³/mol. The van der Waals surface area contributed by atoms with Crippen molar-refractivity contribution in [2.45, 2.75) is 29.1 Å². The van der Waals surface area contributed by atoms with Gasteiger partial charge in [0.1, 0.15) is 5.75 Å². The third-order valence-electron chi connectivity index (χ3n) is 12.3. The molecule has 0 fully saturated rings. The van der Waals surface area contributed by atoms with Crippen LogP contribution in [0.1, 0.15) is 25.0 Å². The summed E-state index contributed by atoms with van der Waals surface area (Å²) in [5.41, 5.74) is 8.87. The molecule has 6 heteroatoms. The number of methoxy groups -OCH3 is 1. The van der Waals surface area contributed by atoms with Crippen LogP contribution in [0.3, 0.4) is 0 Å². The zero-order valence-electron chi connectivity index (χ0n) is 32.7. The topological polar surface area (TPSA) is 51.1 Å². The van der Waals surface area contributed by atoms with Gasteiger partial charge in [-0.3, -0.25) is 4.90 Å². The Morgan fingerprint density at radius 2 is 1.00 bits per heavy atom. The Morgan fingerprint density at radius 1 is 0.475 bits per heavy atom. The fourth-order valence-corrected chi connectivity index (χ4v) is 10.5. The van der Waals surface area contributed by atoms with Gasteiger partial charge in [-0.25, -0.2) is 4.98 Å². The summed E-state index contributed by atoms with van der Waals surface area (Å²) in [5, 5.41) is 9.79. The van der Waals surface area contributed by atoms with E-state index in [0.29, 0.717) is 17.6 Å². The minimum atomic E-state index is -0.290. The smallest absolute Gasteiger partial charge is 0.238 e. The number of aromatic nitrogens is 3. The van der Waals surface area contributed by atoms with E-state index < -0.39 is 0 Å². The average Bonchev–Trinajstić information content (AvgIpc) is 3.50. The van der Waals surface area contributed by atoms with E-state index in [1.54, 1.807) is 7.11 Å². The lowest BCUT2D eigenvalue weighted by Crippen LogP contribution is -2.21. The van der Waals surface area contributed by atoms with Gasteiger partial charge in [0.05, 0.1) is 18.5 Å². The molecule has 1 aromatic heterocycles. The molecule has 1 aliphatic carbocycles. The summed E-state index contributed by atoms with van der Waals surface area (Å²) >= 11 is 1.82. The fourth-order valence-electron chi connectivity index (χ4n) is 9.38. The maximum absolute atomic E-state index is 5.71. The van der Waals surface area contributed by atoms with Gasteiger partial charge in [-0.15, -0.1) is 0 Å². The third kappa shape index (κ3) is 5.16. The molecule has 0 radical (unpaired) electrons. The van der Waals surface area contributed by atoms with Crippen molar-refractivity contribution >= 4 is 72.2 Å². The predicted octanol–water partition coefficient (Wildman–Crippen LogP) is 14.1. The Labute approximate surface area is 346 Å². The molecule has 0 saturated heterocycles. The van der Waals surface area contributed by atoms with Crippen molar-refractivity contribution in [2.24, 2.45) is 0 Å². The first-order valence-corrected chi connectivity index (χ1v) is 20.8. The van der Waals surface area contributed by atoms with Crippen LogP contribution in [0.5, 0.6) is 5.75 Å². The molecule has 0 bridgehead atoms. The molecule has 59 heavy (non-hydrogen) atoms. The second kappa shape index (κ2) is 12.7. The van der Waals surface area contributed by atoms with E-state index in [-0.39, 0.29) is 5.41 Å². The largest absolute Gasteiger partial charge is 0.497 e. The molecule has 0 atom stereocenters. The zero-order valence-corrected chi connectivity index (χ0v) is 33.5. The van der Waals surface area contributed by atoms with Crippen LogP contribution in [-0.2, 0) is 5.41 Å².